The highest BCUT2D eigenvalue weighted by molar-refractivity contribution is 8.76. The summed E-state index contributed by atoms with van der Waals surface area (Å²) in [4.78, 5) is 195. The Morgan fingerprint density at radius 1 is 0.544 bits per heavy atom. The third-order valence-corrected chi connectivity index (χ3v) is 20.1. The van der Waals surface area contributed by atoms with Crippen molar-refractivity contribution in [3.8, 4) is 11.5 Å². The molecule has 624 valence electrons. The van der Waals surface area contributed by atoms with Crippen molar-refractivity contribution in [2.24, 2.45) is 17.2 Å². The van der Waals surface area contributed by atoms with E-state index in [-0.39, 0.29) is 115 Å². The number of nitrogens with zero attached hydrogens (tertiary/aromatic N) is 4. The third-order valence-electron chi connectivity index (χ3n) is 17.4. The molecule has 0 aliphatic carbocycles. The molecule has 2 aliphatic rings. The van der Waals surface area contributed by atoms with E-state index in [4.69, 9.17) is 38.7 Å². The van der Waals surface area contributed by atoms with Crippen molar-refractivity contribution >= 4 is 122 Å². The first-order chi connectivity index (χ1) is 53.8. The summed E-state index contributed by atoms with van der Waals surface area (Å²) in [6, 6.07) is 9.44. The number of aliphatic hydroxyl groups is 1. The number of benzene rings is 4. The number of nitrogens with two attached hydrogens (primary N) is 3. The number of carbonyl (C=O) groups excluding carboxylic acids is 10. The number of urea groups is 1. The fraction of sp³-hybridized carbons (Fsp3) is 0.465. The SMILES string of the molecule is C[C@@H](O)C1NC(=O)C(CCCCN)NC(=O)[C@@H](Cc2ccc(NC(N)=O)cc2)NC(=O)[C@H](Cc2ccc(O)cc2)NC(=O)C(NC(=O)[C@H](Cc2ccc(Cl)cc2)NC(=O)CN2CCN(CC(=O)O)CCN(CC(=O)O)CCN(CC(=O)O)CC2)CSSC[C@@H](C(=O)N[C@H](Cc2ccc(O)cc2)C(N)=O)NC1=O.O=C(O)C(F)(F)F. The molecule has 22 N–H and O–H groups in total. The van der Waals surface area contributed by atoms with Gasteiger partial charge in [0, 0.05) is 100 Å². The summed E-state index contributed by atoms with van der Waals surface area (Å²) in [7, 11) is 1.70. The first-order valence-electron chi connectivity index (χ1n) is 35.5. The molecule has 2 aliphatic heterocycles. The highest BCUT2D eigenvalue weighted by Crippen LogP contribution is 2.25. The van der Waals surface area contributed by atoms with E-state index in [1.807, 2.05) is 0 Å². The Balaban J connectivity index is 0.00000316. The van der Waals surface area contributed by atoms with Crippen molar-refractivity contribution in [1.29, 1.82) is 0 Å². The molecular formula is C71H94ClF3N16O21S2. The number of alkyl halides is 3. The second kappa shape index (κ2) is 47.2. The van der Waals surface area contributed by atoms with Gasteiger partial charge in [0.15, 0.2) is 0 Å². The Morgan fingerprint density at radius 2 is 0.956 bits per heavy atom. The molecule has 2 heterocycles. The predicted octanol–water partition coefficient (Wildman–Crippen LogP) is -2.11. The summed E-state index contributed by atoms with van der Waals surface area (Å²) in [5, 5.41) is 91.8. The minimum atomic E-state index is -5.08. The van der Waals surface area contributed by atoms with Crippen LogP contribution in [0.4, 0.5) is 23.7 Å². The quantitative estimate of drug-likeness (QED) is 0.0214. The van der Waals surface area contributed by atoms with Crippen molar-refractivity contribution in [3.63, 3.8) is 0 Å². The van der Waals surface area contributed by atoms with Crippen LogP contribution < -0.4 is 65.1 Å². The zero-order valence-corrected chi connectivity index (χ0v) is 64.1. The molecule has 9 atom stereocenters. The Labute approximate surface area is 664 Å². The maximum atomic E-state index is 15.4. The average Bonchev–Trinajstić information content (AvgIpc) is 0.836. The summed E-state index contributed by atoms with van der Waals surface area (Å²) in [6.45, 7) is 0.0299. The number of hydrogen-bond donors (Lipinski definition) is 19. The van der Waals surface area contributed by atoms with Crippen LogP contribution in [0.15, 0.2) is 97.1 Å². The lowest BCUT2D eigenvalue weighted by Crippen LogP contribution is -2.62. The van der Waals surface area contributed by atoms with Gasteiger partial charge < -0.3 is 101 Å². The number of aromatic hydroxyl groups is 2. The number of carboxylic acid groups (broad SMARTS) is 4. The number of phenols is 2. The van der Waals surface area contributed by atoms with E-state index in [1.165, 1.54) is 91.9 Å². The molecule has 11 amide bonds. The fourth-order valence-corrected chi connectivity index (χ4v) is 13.9. The second-order valence-electron chi connectivity index (χ2n) is 26.5. The van der Waals surface area contributed by atoms with Crippen LogP contribution in [0.25, 0.3) is 0 Å². The summed E-state index contributed by atoms with van der Waals surface area (Å²) >= 11 is 6.29. The molecule has 4 aromatic rings. The van der Waals surface area contributed by atoms with Crippen LogP contribution in [-0.2, 0) is 88.0 Å². The highest BCUT2D eigenvalue weighted by atomic mass is 35.5. The molecular weight excluding hydrogens is 1570 g/mol. The van der Waals surface area contributed by atoms with Crippen LogP contribution in [0.3, 0.4) is 0 Å². The van der Waals surface area contributed by atoms with Crippen LogP contribution in [0, 0.1) is 0 Å². The van der Waals surface area contributed by atoms with Crippen molar-refractivity contribution in [2.75, 3.05) is 102 Å². The molecule has 0 radical (unpaired) electrons. The molecule has 2 fully saturated rings. The summed E-state index contributed by atoms with van der Waals surface area (Å²) < 4.78 is 31.7. The number of primary amides is 2. The zero-order valence-electron chi connectivity index (χ0n) is 61.7. The lowest BCUT2D eigenvalue weighted by Gasteiger charge is -2.33. The molecule has 2 saturated heterocycles. The van der Waals surface area contributed by atoms with Gasteiger partial charge in [-0.1, -0.05) is 81.7 Å². The smallest absolute Gasteiger partial charge is 0.490 e. The van der Waals surface area contributed by atoms with Crippen LogP contribution in [0.5, 0.6) is 11.5 Å². The van der Waals surface area contributed by atoms with Gasteiger partial charge in [-0.3, -0.25) is 77.1 Å². The molecule has 37 nitrogen and oxygen atoms in total. The van der Waals surface area contributed by atoms with Gasteiger partial charge in [-0.25, -0.2) is 9.59 Å². The van der Waals surface area contributed by atoms with E-state index in [9.17, 15) is 91.8 Å². The van der Waals surface area contributed by atoms with Crippen molar-refractivity contribution in [2.45, 2.75) is 112 Å². The average molecular weight is 1660 g/mol. The number of phenolic OH excluding ortho intramolecular Hbond substituents is 2. The van der Waals surface area contributed by atoms with Crippen molar-refractivity contribution in [3.05, 3.63) is 124 Å². The van der Waals surface area contributed by atoms with Crippen LogP contribution in [0.1, 0.15) is 48.4 Å². The lowest BCUT2D eigenvalue weighted by atomic mass is 10.0. The summed E-state index contributed by atoms with van der Waals surface area (Å²) in [6.07, 6.45) is -7.48. The van der Waals surface area contributed by atoms with Gasteiger partial charge in [0.25, 0.3) is 0 Å². The number of nitrogens with one attached hydrogen (secondary N) is 9. The molecule has 0 saturated carbocycles. The van der Waals surface area contributed by atoms with Crippen LogP contribution in [0.2, 0.25) is 5.02 Å². The summed E-state index contributed by atoms with van der Waals surface area (Å²) in [5.74, 6) is -16.3. The monoisotopic (exact) mass is 1660 g/mol. The Bertz CT molecular complexity index is 3910. The first kappa shape index (κ1) is 94.0. The molecule has 4 aromatic carbocycles. The van der Waals surface area contributed by atoms with E-state index in [0.717, 1.165) is 21.6 Å². The Kier molecular flexibility index (Phi) is 38.9. The number of rotatable bonds is 28. The number of amides is 11. The van der Waals surface area contributed by atoms with E-state index < -0.39 is 181 Å². The Morgan fingerprint density at radius 3 is 1.39 bits per heavy atom. The largest absolute Gasteiger partial charge is 0.508 e. The van der Waals surface area contributed by atoms with E-state index >= 15 is 14.4 Å². The normalized spacial score (nSPS) is 20.1. The van der Waals surface area contributed by atoms with Gasteiger partial charge in [-0.05, 0) is 104 Å². The standard InChI is InChI=1S/C69H93ClN16O19S2.C2HF3O2/c1-40(87)60-68(104)81-55(66(102)77-50(61(72)97)30-43-9-17-47(88)18-10-43)39-107-106-38-54(67(103)79-53(33-44-11-19-48(89)20-12-44)65(101)78-52(32-42-7-15-46(16-8-42)74-69(73)105)64(100)76-49(62(98)82-60)4-2-3-21-71)80-63(99)51(31-41-5-13-45(70)14-6-41)75-56(90)34-83-22-24-84(35-57(91)92)26-28-86(37-59(95)96)29-27-85(25-23-83)36-58(93)94;3-2(4,5)1(6)7/h5-20,40,49-55,60,87-89H,2-4,21-39,71H2,1H3,(H2,72,97)(H,75,90)(H,76,100)(H,77,102)(H,78,101)(H,79,103)(H,80,99)(H,81,104)(H,82,98)(H,91,92)(H,93,94)(H,95,96)(H3,73,74,105);(H,6,7)/t40-,49?,50-,51+,52-,53+,54?,55+,60?;/m1./s1. The number of carboxylic acids is 4. The zero-order chi connectivity index (χ0) is 84.4. The molecule has 0 spiro atoms. The molecule has 0 bridgehead atoms. The molecule has 114 heavy (non-hydrogen) atoms. The molecule has 0 aromatic heterocycles. The van der Waals surface area contributed by atoms with Gasteiger partial charge in [0.1, 0.15) is 59.8 Å². The third kappa shape index (κ3) is 34.8. The maximum Gasteiger partial charge on any atom is 0.490 e. The van der Waals surface area contributed by atoms with Crippen molar-refractivity contribution < 1.29 is 116 Å². The fourth-order valence-electron chi connectivity index (χ4n) is 11.4. The van der Waals surface area contributed by atoms with Crippen LogP contribution in [-0.4, -0.2) is 296 Å². The maximum absolute atomic E-state index is 15.4. The van der Waals surface area contributed by atoms with Gasteiger partial charge >= 0.3 is 36.1 Å². The molecule has 6 rings (SSSR count). The number of carbonyl (C=O) groups is 14. The number of halogens is 4. The van der Waals surface area contributed by atoms with Crippen LogP contribution >= 0.6 is 33.2 Å². The van der Waals surface area contributed by atoms with E-state index in [0.29, 0.717) is 33.7 Å². The van der Waals surface area contributed by atoms with Gasteiger partial charge in [-0.15, -0.1) is 0 Å². The molecule has 3 unspecified atom stereocenters. The second-order valence-corrected chi connectivity index (χ2v) is 29.5. The highest BCUT2D eigenvalue weighted by Gasteiger charge is 2.40. The number of aliphatic carboxylic acids is 4. The minimum Gasteiger partial charge on any atom is -0.508 e. The topological polar surface area (TPSA) is 580 Å². The van der Waals surface area contributed by atoms with Gasteiger partial charge in [0.05, 0.1) is 32.3 Å². The Hall–Kier alpha value is -10.6. The number of anilines is 1. The minimum absolute atomic E-state index is 0.0183. The van der Waals surface area contributed by atoms with Crippen molar-refractivity contribution in [1.82, 2.24) is 62.1 Å². The predicted molar refractivity (Wildman–Crippen MR) is 409 cm³/mol. The van der Waals surface area contributed by atoms with E-state index in [2.05, 4.69) is 47.9 Å². The number of aliphatic hydroxyl groups excluding tert-OH is 1. The lowest BCUT2D eigenvalue weighted by molar-refractivity contribution is -0.192. The summed E-state index contributed by atoms with van der Waals surface area (Å²) in [5.41, 5.74) is 18.9. The van der Waals surface area contributed by atoms with Gasteiger partial charge in [-0.2, -0.15) is 13.2 Å². The van der Waals surface area contributed by atoms with Gasteiger partial charge in [0.2, 0.25) is 53.2 Å². The van der Waals surface area contributed by atoms with E-state index in [1.54, 1.807) is 31.7 Å². The number of hydrogen-bond acceptors (Lipinski definition) is 24. The first-order valence-corrected chi connectivity index (χ1v) is 38.4. The number of unbranched alkanes of at least 4 members (excludes halogenated alkanes) is 1. The molecule has 43 heteroatoms.